The van der Waals surface area contributed by atoms with E-state index in [1.54, 1.807) is 0 Å². The third-order valence-electron chi connectivity index (χ3n) is 7.98. The Morgan fingerprint density at radius 1 is 0.633 bits per heavy atom. The fraction of sp³-hybridized carbons (Fsp3) is 0.771. The van der Waals surface area contributed by atoms with Gasteiger partial charge in [-0.3, -0.25) is 18.6 Å². The molecule has 49 heavy (non-hydrogen) atoms. The number of ether oxygens (including phenoxy) is 2. The van der Waals surface area contributed by atoms with Crippen molar-refractivity contribution in [2.45, 2.75) is 159 Å². The number of allylic oxidation sites excluding steroid dienone is 6. The highest BCUT2D eigenvalue weighted by molar-refractivity contribution is 7.47. The van der Waals surface area contributed by atoms with Gasteiger partial charge in [-0.2, -0.15) is 0 Å². The lowest BCUT2D eigenvalue weighted by atomic mass is 9.85. The van der Waals surface area contributed by atoms with Crippen LogP contribution in [0.25, 0.3) is 0 Å². The van der Waals surface area contributed by atoms with Crippen LogP contribution in [0.1, 0.15) is 117 Å². The van der Waals surface area contributed by atoms with Crippen LogP contribution in [0.4, 0.5) is 0 Å². The van der Waals surface area contributed by atoms with Gasteiger partial charge >= 0.3 is 19.8 Å². The second-order valence-electron chi connectivity index (χ2n) is 12.4. The summed E-state index contributed by atoms with van der Waals surface area (Å²) in [4.78, 5) is 35.1. The predicted octanol–water partition coefficient (Wildman–Crippen LogP) is 4.71. The maximum atomic E-state index is 12.7. The zero-order valence-corrected chi connectivity index (χ0v) is 30.1. The number of hydrogen-bond acceptors (Lipinski definition) is 12. The standard InChI is InChI=1S/C35H61O13P/c1-3-5-7-9-11-12-13-14-15-16-18-20-22-24-29(37)47-27(25-45-28(36)23-21-19-17-10-8-6-4-2)26-46-49(43,44)48-35-33(41)31(39)30(38)32(40)34(35)42/h14-15,17-20,27,30-35,38-42H,3-13,16,21-26H2,1-2H3,(H,43,44)/b15-14+,19-17+,20-18+/t27?,30?,31-,32?,33?,34?,35?/m1/s1. The quantitative estimate of drug-likeness (QED) is 0.0294. The van der Waals surface area contributed by atoms with Gasteiger partial charge in [0.2, 0.25) is 0 Å². The predicted molar refractivity (Wildman–Crippen MR) is 184 cm³/mol. The van der Waals surface area contributed by atoms with Gasteiger partial charge in [0.05, 0.1) is 6.61 Å². The molecule has 1 saturated carbocycles. The number of aliphatic hydroxyl groups is 5. The molecule has 1 aliphatic rings. The summed E-state index contributed by atoms with van der Waals surface area (Å²) >= 11 is 0. The van der Waals surface area contributed by atoms with Crippen molar-refractivity contribution < 1.29 is 63.1 Å². The summed E-state index contributed by atoms with van der Waals surface area (Å²) in [6.45, 7) is 3.07. The zero-order chi connectivity index (χ0) is 36.5. The Labute approximate surface area is 291 Å². The average molecular weight is 721 g/mol. The molecule has 0 aromatic carbocycles. The second kappa shape index (κ2) is 26.8. The molecule has 0 bridgehead atoms. The molecule has 0 aliphatic heterocycles. The lowest BCUT2D eigenvalue weighted by Gasteiger charge is -2.41. The van der Waals surface area contributed by atoms with E-state index in [0.29, 0.717) is 12.8 Å². The first-order valence-electron chi connectivity index (χ1n) is 17.8. The Kier molecular flexibility index (Phi) is 24.7. The molecule has 0 aromatic heterocycles. The minimum atomic E-state index is -5.12. The number of phosphoric ester groups is 1. The molecule has 0 amide bonds. The van der Waals surface area contributed by atoms with Crippen molar-refractivity contribution in [1.82, 2.24) is 0 Å². The van der Waals surface area contributed by atoms with Gasteiger partial charge in [-0.1, -0.05) is 95.2 Å². The van der Waals surface area contributed by atoms with Gasteiger partial charge in [0.25, 0.3) is 0 Å². The fourth-order valence-electron chi connectivity index (χ4n) is 5.00. The smallest absolute Gasteiger partial charge is 0.462 e. The molecule has 284 valence electrons. The van der Waals surface area contributed by atoms with Crippen LogP contribution < -0.4 is 0 Å². The molecule has 0 saturated heterocycles. The van der Waals surface area contributed by atoms with Crippen LogP contribution in [0.3, 0.4) is 0 Å². The van der Waals surface area contributed by atoms with Crippen molar-refractivity contribution in [3.05, 3.63) is 36.5 Å². The van der Waals surface area contributed by atoms with Crippen LogP contribution in [-0.2, 0) is 32.7 Å². The largest absolute Gasteiger partial charge is 0.472 e. The Morgan fingerprint density at radius 3 is 1.73 bits per heavy atom. The van der Waals surface area contributed by atoms with E-state index in [2.05, 4.69) is 26.0 Å². The highest BCUT2D eigenvalue weighted by Crippen LogP contribution is 2.47. The van der Waals surface area contributed by atoms with E-state index in [-0.39, 0.29) is 12.8 Å². The van der Waals surface area contributed by atoms with E-state index in [4.69, 9.17) is 18.5 Å². The van der Waals surface area contributed by atoms with E-state index in [1.807, 2.05) is 24.3 Å². The summed E-state index contributed by atoms with van der Waals surface area (Å²) in [5, 5.41) is 49.7. The van der Waals surface area contributed by atoms with Gasteiger partial charge in [0.1, 0.15) is 43.2 Å². The maximum absolute atomic E-state index is 12.7. The van der Waals surface area contributed by atoms with E-state index in [0.717, 1.165) is 38.5 Å². The van der Waals surface area contributed by atoms with Crippen LogP contribution >= 0.6 is 7.82 Å². The summed E-state index contributed by atoms with van der Waals surface area (Å²) in [5.41, 5.74) is 0. The topological polar surface area (TPSA) is 210 Å². The van der Waals surface area contributed by atoms with E-state index < -0.39 is 75.7 Å². The number of aliphatic hydroxyl groups excluding tert-OH is 5. The fourth-order valence-corrected chi connectivity index (χ4v) is 5.97. The SMILES string of the molecule is CCCCC/C=C/CCC(=O)OCC(COP(=O)(O)OC1C(O)C(O)C(O)[C@@H](O)C1O)OC(=O)CC/C=C/C/C=C/CCCCCCCC. The van der Waals surface area contributed by atoms with Crippen molar-refractivity contribution in [2.75, 3.05) is 13.2 Å². The number of unbranched alkanes of at least 4 members (excludes halogenated alkanes) is 9. The molecule has 14 heteroatoms. The molecule has 7 unspecified atom stereocenters. The average Bonchev–Trinajstić information content (AvgIpc) is 3.07. The number of carbonyl (C=O) groups excluding carboxylic acids is 2. The first-order valence-corrected chi connectivity index (χ1v) is 19.3. The van der Waals surface area contributed by atoms with Crippen molar-refractivity contribution in [3.63, 3.8) is 0 Å². The number of hydrogen-bond donors (Lipinski definition) is 6. The number of esters is 2. The first kappa shape index (κ1) is 45.1. The molecule has 1 rings (SSSR count). The molecular formula is C35H61O13P. The van der Waals surface area contributed by atoms with Crippen LogP contribution in [0.15, 0.2) is 36.5 Å². The summed E-state index contributed by atoms with van der Waals surface area (Å²) in [6.07, 6.45) is 12.9. The summed E-state index contributed by atoms with van der Waals surface area (Å²) in [6, 6.07) is 0. The van der Waals surface area contributed by atoms with Crippen LogP contribution in [0.2, 0.25) is 0 Å². The lowest BCUT2D eigenvalue weighted by Crippen LogP contribution is -2.64. The van der Waals surface area contributed by atoms with Gasteiger partial charge in [-0.25, -0.2) is 4.57 Å². The number of rotatable bonds is 27. The Hall–Kier alpha value is -1.93. The number of phosphoric acid groups is 1. The monoisotopic (exact) mass is 720 g/mol. The van der Waals surface area contributed by atoms with E-state index >= 15 is 0 Å². The normalized spacial score (nSPS) is 24.8. The van der Waals surface area contributed by atoms with Gasteiger partial charge in [0.15, 0.2) is 6.10 Å². The minimum absolute atomic E-state index is 0.0168. The molecule has 0 radical (unpaired) electrons. The van der Waals surface area contributed by atoms with Crippen LogP contribution in [-0.4, -0.2) is 98.3 Å². The molecule has 13 nitrogen and oxygen atoms in total. The van der Waals surface area contributed by atoms with Crippen molar-refractivity contribution in [3.8, 4) is 0 Å². The molecule has 0 spiro atoms. The molecular weight excluding hydrogens is 659 g/mol. The molecule has 0 aromatic rings. The first-order chi connectivity index (χ1) is 23.4. The Morgan fingerprint density at radius 2 is 1.10 bits per heavy atom. The van der Waals surface area contributed by atoms with Crippen LogP contribution in [0, 0.1) is 0 Å². The van der Waals surface area contributed by atoms with Gasteiger partial charge in [-0.05, 0) is 44.9 Å². The highest BCUT2D eigenvalue weighted by Gasteiger charge is 2.51. The molecule has 1 aliphatic carbocycles. The third kappa shape index (κ3) is 20.5. The summed E-state index contributed by atoms with van der Waals surface area (Å²) in [5.74, 6) is -1.25. The zero-order valence-electron chi connectivity index (χ0n) is 29.2. The van der Waals surface area contributed by atoms with Gasteiger partial charge in [0, 0.05) is 12.8 Å². The third-order valence-corrected chi connectivity index (χ3v) is 8.97. The van der Waals surface area contributed by atoms with Crippen LogP contribution in [0.5, 0.6) is 0 Å². The highest BCUT2D eigenvalue weighted by atomic mass is 31.2. The molecule has 0 heterocycles. The molecule has 6 N–H and O–H groups in total. The minimum Gasteiger partial charge on any atom is -0.462 e. The summed E-state index contributed by atoms with van der Waals surface area (Å²) in [7, 11) is -5.12. The van der Waals surface area contributed by atoms with Gasteiger partial charge in [-0.15, -0.1) is 0 Å². The Bertz CT molecular complexity index is 1020. The number of carbonyl (C=O) groups is 2. The molecule has 1 fully saturated rings. The lowest BCUT2D eigenvalue weighted by molar-refractivity contribution is -0.220. The van der Waals surface area contributed by atoms with Crippen molar-refractivity contribution in [1.29, 1.82) is 0 Å². The second-order valence-corrected chi connectivity index (χ2v) is 13.8. The maximum Gasteiger partial charge on any atom is 0.472 e. The van der Waals surface area contributed by atoms with Gasteiger partial charge < -0.3 is 39.9 Å². The van der Waals surface area contributed by atoms with E-state index in [9.17, 15) is 44.6 Å². The van der Waals surface area contributed by atoms with Crippen molar-refractivity contribution in [2.24, 2.45) is 0 Å². The summed E-state index contributed by atoms with van der Waals surface area (Å²) < 4.78 is 33.0. The van der Waals surface area contributed by atoms with Crippen molar-refractivity contribution >= 4 is 19.8 Å². The molecule has 8 atom stereocenters. The van der Waals surface area contributed by atoms with E-state index in [1.165, 1.54) is 38.5 Å². The Balaban J connectivity index is 2.64.